The number of hydrogen-bond donors (Lipinski definition) is 2. The molecule has 1 aliphatic heterocycles. The summed E-state index contributed by atoms with van der Waals surface area (Å²) < 4.78 is 38.3. The van der Waals surface area contributed by atoms with E-state index in [2.05, 4.69) is 14.9 Å². The second-order valence-corrected chi connectivity index (χ2v) is 9.83. The zero-order valence-corrected chi connectivity index (χ0v) is 21.2. The maximum atomic E-state index is 16.2. The highest BCUT2D eigenvalue weighted by Gasteiger charge is 2.31. The van der Waals surface area contributed by atoms with E-state index in [4.69, 9.17) is 16.2 Å². The number of hydrogen-bond acceptors (Lipinski definition) is 8. The summed E-state index contributed by atoms with van der Waals surface area (Å²) >= 11 is 0. The predicted octanol–water partition coefficient (Wildman–Crippen LogP) is 3.98. The molecule has 4 N–H and O–H groups in total. The average Bonchev–Trinajstić information content (AvgIpc) is 3.67. The number of carbonyl (C=O) groups excluding carboxylic acids is 1. The number of pyridine rings is 1. The fourth-order valence-corrected chi connectivity index (χ4v) is 5.25. The first kappa shape index (κ1) is 24.8. The van der Waals surface area contributed by atoms with Gasteiger partial charge in [0, 0.05) is 42.8 Å². The van der Waals surface area contributed by atoms with E-state index in [0.717, 1.165) is 35.7 Å². The molecule has 2 aliphatic rings. The number of ether oxygens (including phenoxy) is 1. The van der Waals surface area contributed by atoms with Gasteiger partial charge in [0.1, 0.15) is 17.2 Å². The molecule has 0 saturated heterocycles. The number of halogens is 2. The smallest absolute Gasteiger partial charge is 0.343 e. The lowest BCUT2D eigenvalue weighted by molar-refractivity contribution is 0.0524. The second-order valence-electron chi connectivity index (χ2n) is 9.83. The van der Waals surface area contributed by atoms with Crippen molar-refractivity contribution < 1.29 is 18.3 Å². The summed E-state index contributed by atoms with van der Waals surface area (Å²) in [5.74, 6) is -2.10. The van der Waals surface area contributed by atoms with Crippen molar-refractivity contribution in [2.45, 2.75) is 38.8 Å². The molecule has 200 valence electrons. The molecule has 6 rings (SSSR count). The van der Waals surface area contributed by atoms with E-state index in [0.29, 0.717) is 30.9 Å². The van der Waals surface area contributed by atoms with Crippen LogP contribution in [0.2, 0.25) is 0 Å². The summed E-state index contributed by atoms with van der Waals surface area (Å²) in [5.41, 5.74) is 13.3. The number of benzene rings is 2. The SMILES string of the molecule is CCOC(=O)c1cn(C2CC2)c2c(F)c(-c3ccc4c(c3)CCN4Cc3cnc(N)nc3N)c(F)cc2c1=O. The van der Waals surface area contributed by atoms with Crippen LogP contribution in [-0.4, -0.2) is 33.7 Å². The number of esters is 1. The van der Waals surface area contributed by atoms with E-state index in [1.54, 1.807) is 29.8 Å². The van der Waals surface area contributed by atoms with Gasteiger partial charge in [-0.1, -0.05) is 6.07 Å². The highest BCUT2D eigenvalue weighted by Crippen LogP contribution is 2.41. The minimum Gasteiger partial charge on any atom is -0.462 e. The number of aromatic nitrogens is 3. The van der Waals surface area contributed by atoms with E-state index in [1.165, 1.54) is 6.20 Å². The second kappa shape index (κ2) is 9.33. The Labute approximate surface area is 222 Å². The summed E-state index contributed by atoms with van der Waals surface area (Å²) in [6.07, 6.45) is 5.15. The Bertz CT molecular complexity index is 1720. The lowest BCUT2D eigenvalue weighted by atomic mass is 9.98. The van der Waals surface area contributed by atoms with Crippen LogP contribution in [0.25, 0.3) is 22.0 Å². The normalized spacial score (nSPS) is 14.6. The van der Waals surface area contributed by atoms with Gasteiger partial charge in [0.15, 0.2) is 5.82 Å². The number of nitrogen functional groups attached to an aromatic ring is 2. The molecule has 1 fully saturated rings. The van der Waals surface area contributed by atoms with Gasteiger partial charge in [0.05, 0.1) is 23.1 Å². The molecule has 0 atom stereocenters. The van der Waals surface area contributed by atoms with E-state index in [-0.39, 0.29) is 40.6 Å². The van der Waals surface area contributed by atoms with Crippen molar-refractivity contribution in [2.24, 2.45) is 0 Å². The maximum Gasteiger partial charge on any atom is 0.343 e. The van der Waals surface area contributed by atoms with E-state index >= 15 is 8.78 Å². The number of anilines is 3. The Hall–Kier alpha value is -4.54. The van der Waals surface area contributed by atoms with Crippen molar-refractivity contribution in [3.63, 3.8) is 0 Å². The third-order valence-electron chi connectivity index (χ3n) is 7.28. The largest absolute Gasteiger partial charge is 0.462 e. The Morgan fingerprint density at radius 3 is 2.72 bits per heavy atom. The maximum absolute atomic E-state index is 16.2. The van der Waals surface area contributed by atoms with Gasteiger partial charge in [-0.15, -0.1) is 0 Å². The summed E-state index contributed by atoms with van der Waals surface area (Å²) in [7, 11) is 0. The van der Waals surface area contributed by atoms with Crippen LogP contribution in [-0.2, 0) is 17.7 Å². The Balaban J connectivity index is 1.42. The van der Waals surface area contributed by atoms with Crippen LogP contribution in [0.1, 0.15) is 47.3 Å². The van der Waals surface area contributed by atoms with Gasteiger partial charge in [-0.25, -0.2) is 18.6 Å². The van der Waals surface area contributed by atoms with Gasteiger partial charge in [-0.3, -0.25) is 4.79 Å². The predicted molar refractivity (Wildman–Crippen MR) is 143 cm³/mol. The standard InChI is InChI=1S/C28H26F2N6O3/c1-2-39-27(38)19-13-36(17-4-5-17)24-18(25(19)37)10-20(29)22(23(24)30)15-3-6-21-14(9-15)7-8-35(21)12-16-11-33-28(32)34-26(16)31/h3,6,9-11,13,17H,2,4-5,7-8,12H2,1H3,(H4,31,32,33,34). The molecule has 39 heavy (non-hydrogen) atoms. The van der Waals surface area contributed by atoms with Crippen molar-refractivity contribution in [1.82, 2.24) is 14.5 Å². The summed E-state index contributed by atoms with van der Waals surface area (Å²) in [6, 6.07) is 6.22. The minimum absolute atomic E-state index is 0.00657. The molecule has 3 heterocycles. The van der Waals surface area contributed by atoms with E-state index < -0.39 is 23.0 Å². The highest BCUT2D eigenvalue weighted by atomic mass is 19.1. The van der Waals surface area contributed by atoms with Crippen molar-refractivity contribution >= 4 is 34.3 Å². The molecule has 9 nitrogen and oxygen atoms in total. The van der Waals surface area contributed by atoms with Crippen LogP contribution < -0.4 is 21.8 Å². The van der Waals surface area contributed by atoms with Gasteiger partial charge >= 0.3 is 5.97 Å². The molecular formula is C28H26F2N6O3. The molecule has 11 heteroatoms. The topological polar surface area (TPSA) is 129 Å². The molecule has 4 aromatic rings. The highest BCUT2D eigenvalue weighted by molar-refractivity contribution is 5.95. The molecule has 0 unspecified atom stereocenters. The number of rotatable bonds is 6. The van der Waals surface area contributed by atoms with Gasteiger partial charge < -0.3 is 25.7 Å². The van der Waals surface area contributed by atoms with Gasteiger partial charge in [-0.05, 0) is 55.5 Å². The lowest BCUT2D eigenvalue weighted by Crippen LogP contribution is -2.22. The van der Waals surface area contributed by atoms with Crippen LogP contribution in [0.15, 0.2) is 41.5 Å². The van der Waals surface area contributed by atoms with Crippen molar-refractivity contribution in [2.75, 3.05) is 29.5 Å². The summed E-state index contributed by atoms with van der Waals surface area (Å²) in [5, 5.41) is -0.179. The molecule has 1 aliphatic carbocycles. The zero-order chi connectivity index (χ0) is 27.4. The lowest BCUT2D eigenvalue weighted by Gasteiger charge is -2.20. The van der Waals surface area contributed by atoms with Crippen LogP contribution in [0.4, 0.5) is 26.2 Å². The monoisotopic (exact) mass is 532 g/mol. The van der Waals surface area contributed by atoms with Gasteiger partial charge in [0.2, 0.25) is 11.4 Å². The molecule has 0 amide bonds. The van der Waals surface area contributed by atoms with Crippen LogP contribution in [0, 0.1) is 11.6 Å². The Kier molecular flexibility index (Phi) is 5.93. The van der Waals surface area contributed by atoms with Crippen molar-refractivity contribution in [3.05, 3.63) is 75.2 Å². The van der Waals surface area contributed by atoms with E-state index in [9.17, 15) is 9.59 Å². The molecule has 1 saturated carbocycles. The van der Waals surface area contributed by atoms with Crippen LogP contribution in [0.5, 0.6) is 0 Å². The molecule has 2 aromatic carbocycles. The summed E-state index contributed by atoms with van der Waals surface area (Å²) in [6.45, 7) is 2.86. The number of fused-ring (bicyclic) bond motifs is 2. The third-order valence-corrected chi connectivity index (χ3v) is 7.28. The van der Waals surface area contributed by atoms with Crippen LogP contribution >= 0.6 is 0 Å². The van der Waals surface area contributed by atoms with Gasteiger partial charge in [0.25, 0.3) is 0 Å². The fraction of sp³-hybridized carbons (Fsp3) is 0.286. The molecule has 2 aromatic heterocycles. The van der Waals surface area contributed by atoms with Gasteiger partial charge in [-0.2, -0.15) is 4.98 Å². The average molecular weight is 533 g/mol. The van der Waals surface area contributed by atoms with E-state index in [1.807, 2.05) is 6.07 Å². The first-order valence-electron chi connectivity index (χ1n) is 12.8. The third kappa shape index (κ3) is 4.23. The molecule has 0 spiro atoms. The summed E-state index contributed by atoms with van der Waals surface area (Å²) in [4.78, 5) is 35.6. The molecular weight excluding hydrogens is 506 g/mol. The first-order valence-corrected chi connectivity index (χ1v) is 12.8. The first-order chi connectivity index (χ1) is 18.8. The molecule has 0 bridgehead atoms. The Morgan fingerprint density at radius 1 is 1.21 bits per heavy atom. The number of nitrogens with zero attached hydrogens (tertiary/aromatic N) is 4. The number of carbonyl (C=O) groups is 1. The molecule has 0 radical (unpaired) electrons. The zero-order valence-electron chi connectivity index (χ0n) is 21.2. The number of nitrogens with two attached hydrogens (primary N) is 2. The van der Waals surface area contributed by atoms with Crippen molar-refractivity contribution in [3.8, 4) is 11.1 Å². The van der Waals surface area contributed by atoms with Crippen molar-refractivity contribution in [1.29, 1.82) is 0 Å². The minimum atomic E-state index is -0.873. The quantitative estimate of drug-likeness (QED) is 0.357. The Morgan fingerprint density at radius 2 is 2.00 bits per heavy atom. The fourth-order valence-electron chi connectivity index (χ4n) is 5.25. The van der Waals surface area contributed by atoms with Crippen LogP contribution in [0.3, 0.4) is 0 Å².